The van der Waals surface area contributed by atoms with Crippen LogP contribution in [0.2, 0.25) is 0 Å². The number of hydrogen-bond donors (Lipinski definition) is 3. The molecule has 1 aromatic carbocycles. The molecule has 3 N–H and O–H groups in total. The van der Waals surface area contributed by atoms with Crippen molar-refractivity contribution < 1.29 is 9.21 Å². The number of halogens is 1. The summed E-state index contributed by atoms with van der Waals surface area (Å²) in [4.78, 5) is 16.4. The van der Waals surface area contributed by atoms with E-state index in [0.717, 1.165) is 23.8 Å². The number of rotatable bonds is 6. The van der Waals surface area contributed by atoms with Crippen molar-refractivity contribution in [2.75, 3.05) is 24.7 Å². The van der Waals surface area contributed by atoms with E-state index >= 15 is 0 Å². The first-order valence-electron chi connectivity index (χ1n) is 9.10. The largest absolute Gasteiger partial charge is 0.459 e. The van der Waals surface area contributed by atoms with Crippen LogP contribution in [0, 0.1) is 0 Å². The molecule has 1 fully saturated rings. The molecule has 1 amide bonds. The minimum Gasteiger partial charge on any atom is -0.459 e. The van der Waals surface area contributed by atoms with Gasteiger partial charge in [-0.25, -0.2) is 0 Å². The summed E-state index contributed by atoms with van der Waals surface area (Å²) in [6, 6.07) is 11.1. The fraction of sp³-hybridized carbons (Fsp3) is 0.400. The third kappa shape index (κ3) is 6.44. The van der Waals surface area contributed by atoms with Gasteiger partial charge in [0, 0.05) is 30.6 Å². The van der Waals surface area contributed by atoms with Crippen LogP contribution in [0.15, 0.2) is 52.1 Å². The highest BCUT2D eigenvalue weighted by molar-refractivity contribution is 14.0. The summed E-state index contributed by atoms with van der Waals surface area (Å²) in [6.45, 7) is 3.82. The van der Waals surface area contributed by atoms with Crippen molar-refractivity contribution in [2.24, 2.45) is 4.99 Å². The molecule has 1 unspecified atom stereocenters. The van der Waals surface area contributed by atoms with Crippen molar-refractivity contribution in [2.45, 2.75) is 31.1 Å². The lowest BCUT2D eigenvalue weighted by molar-refractivity contribution is 0.0996. The van der Waals surface area contributed by atoms with Gasteiger partial charge >= 0.3 is 0 Å². The number of thioether (sulfide) groups is 1. The Labute approximate surface area is 187 Å². The fourth-order valence-corrected chi connectivity index (χ4v) is 4.26. The monoisotopic (exact) mass is 514 g/mol. The second-order valence-electron chi connectivity index (χ2n) is 6.81. The van der Waals surface area contributed by atoms with Crippen molar-refractivity contribution in [3.05, 3.63) is 54.0 Å². The number of guanidine groups is 1. The minimum atomic E-state index is -0.259. The van der Waals surface area contributed by atoms with E-state index in [1.54, 1.807) is 19.2 Å². The number of carbonyl (C=O) groups is 1. The van der Waals surface area contributed by atoms with Gasteiger partial charge in [-0.3, -0.25) is 9.79 Å². The molecular weight excluding hydrogens is 487 g/mol. The van der Waals surface area contributed by atoms with Crippen LogP contribution in [0.25, 0.3) is 0 Å². The van der Waals surface area contributed by atoms with Crippen LogP contribution in [-0.4, -0.2) is 36.0 Å². The van der Waals surface area contributed by atoms with E-state index < -0.39 is 0 Å². The van der Waals surface area contributed by atoms with E-state index in [0.29, 0.717) is 12.3 Å². The number of benzene rings is 1. The van der Waals surface area contributed by atoms with Crippen molar-refractivity contribution in [1.29, 1.82) is 0 Å². The number of carbonyl (C=O) groups excluding carboxylic acids is 1. The molecule has 0 spiro atoms. The molecule has 0 radical (unpaired) electrons. The van der Waals surface area contributed by atoms with E-state index in [1.165, 1.54) is 24.9 Å². The van der Waals surface area contributed by atoms with Crippen LogP contribution >= 0.6 is 35.7 Å². The molecular formula is C20H27IN4O2S. The fourth-order valence-electron chi connectivity index (χ4n) is 3.01. The number of amides is 1. The van der Waals surface area contributed by atoms with E-state index in [2.05, 4.69) is 27.9 Å². The highest BCUT2D eigenvalue weighted by Crippen LogP contribution is 2.36. The normalized spacial score (nSPS) is 19.0. The Morgan fingerprint density at radius 2 is 2.14 bits per heavy atom. The van der Waals surface area contributed by atoms with Gasteiger partial charge in [0.1, 0.15) is 0 Å². The topological polar surface area (TPSA) is 78.7 Å². The number of hydrogen-bond acceptors (Lipinski definition) is 4. The smallest absolute Gasteiger partial charge is 0.291 e. The maximum absolute atomic E-state index is 12.1. The Morgan fingerprint density at radius 3 is 2.82 bits per heavy atom. The summed E-state index contributed by atoms with van der Waals surface area (Å²) >= 11 is 2.02. The van der Waals surface area contributed by atoms with Gasteiger partial charge in [0.25, 0.3) is 5.91 Å². The summed E-state index contributed by atoms with van der Waals surface area (Å²) in [6.07, 6.45) is 4.00. The standard InChI is InChI=1S/C20H26N4O2S.HI/c1-20(9-5-11-27-20)14-23-19(21-2)22-13-15-6-3-7-16(12-15)24-18(25)17-8-4-10-26-17;/h3-4,6-8,10,12H,5,9,11,13-14H2,1-2H3,(H,24,25)(H2,21,22,23);1H. The lowest BCUT2D eigenvalue weighted by Crippen LogP contribution is -2.43. The first-order chi connectivity index (χ1) is 13.1. The molecule has 1 aliphatic rings. The van der Waals surface area contributed by atoms with E-state index in [9.17, 15) is 4.79 Å². The minimum absolute atomic E-state index is 0. The Balaban J connectivity index is 0.00000280. The highest BCUT2D eigenvalue weighted by Gasteiger charge is 2.29. The molecule has 0 saturated carbocycles. The van der Waals surface area contributed by atoms with Crippen LogP contribution in [0.1, 0.15) is 35.9 Å². The average Bonchev–Trinajstić information content (AvgIpc) is 3.34. The number of anilines is 1. The third-order valence-electron chi connectivity index (χ3n) is 4.54. The van der Waals surface area contributed by atoms with Crippen LogP contribution in [0.3, 0.4) is 0 Å². The molecule has 6 nitrogen and oxygen atoms in total. The van der Waals surface area contributed by atoms with Crippen molar-refractivity contribution in [3.8, 4) is 0 Å². The Bertz CT molecular complexity index is 789. The van der Waals surface area contributed by atoms with Gasteiger partial charge in [0.2, 0.25) is 0 Å². The average molecular weight is 514 g/mol. The summed E-state index contributed by atoms with van der Waals surface area (Å²) in [7, 11) is 1.78. The van der Waals surface area contributed by atoms with Crippen LogP contribution in [0.5, 0.6) is 0 Å². The first-order valence-corrected chi connectivity index (χ1v) is 10.1. The number of nitrogens with zero attached hydrogens (tertiary/aromatic N) is 1. The second-order valence-corrected chi connectivity index (χ2v) is 8.50. The quantitative estimate of drug-likeness (QED) is 0.308. The molecule has 28 heavy (non-hydrogen) atoms. The summed E-state index contributed by atoms with van der Waals surface area (Å²) in [5.74, 6) is 2.06. The predicted molar refractivity (Wildman–Crippen MR) is 127 cm³/mol. The van der Waals surface area contributed by atoms with E-state index in [-0.39, 0.29) is 34.6 Å². The lowest BCUT2D eigenvalue weighted by Gasteiger charge is -2.24. The third-order valence-corrected chi connectivity index (χ3v) is 6.08. The van der Waals surface area contributed by atoms with Crippen molar-refractivity contribution in [1.82, 2.24) is 10.6 Å². The molecule has 152 valence electrons. The zero-order valence-electron chi connectivity index (χ0n) is 16.2. The predicted octanol–water partition coefficient (Wildman–Crippen LogP) is 4.10. The van der Waals surface area contributed by atoms with Gasteiger partial charge in [-0.15, -0.1) is 24.0 Å². The molecule has 1 saturated heterocycles. The molecule has 2 heterocycles. The molecule has 3 rings (SSSR count). The summed E-state index contributed by atoms with van der Waals surface area (Å²) < 4.78 is 5.40. The van der Waals surface area contributed by atoms with E-state index in [4.69, 9.17) is 4.42 Å². The van der Waals surface area contributed by atoms with Gasteiger partial charge < -0.3 is 20.4 Å². The Morgan fingerprint density at radius 1 is 1.29 bits per heavy atom. The van der Waals surface area contributed by atoms with Gasteiger partial charge in [0.05, 0.1) is 6.26 Å². The van der Waals surface area contributed by atoms with Gasteiger partial charge in [0.15, 0.2) is 11.7 Å². The Kier molecular flexibility index (Phi) is 8.68. The van der Waals surface area contributed by atoms with Crippen LogP contribution in [-0.2, 0) is 6.54 Å². The molecule has 2 aromatic rings. The number of aliphatic imine (C=N–C) groups is 1. The molecule has 1 aromatic heterocycles. The highest BCUT2D eigenvalue weighted by atomic mass is 127. The number of furan rings is 1. The molecule has 0 aliphatic carbocycles. The van der Waals surface area contributed by atoms with Crippen LogP contribution in [0.4, 0.5) is 5.69 Å². The molecule has 8 heteroatoms. The summed E-state index contributed by atoms with van der Waals surface area (Å²) in [5.41, 5.74) is 1.78. The van der Waals surface area contributed by atoms with Crippen LogP contribution < -0.4 is 16.0 Å². The van der Waals surface area contributed by atoms with Gasteiger partial charge in [-0.05, 0) is 55.3 Å². The Hall–Kier alpha value is -1.68. The van der Waals surface area contributed by atoms with E-state index in [1.807, 2.05) is 36.0 Å². The zero-order valence-corrected chi connectivity index (χ0v) is 19.3. The first kappa shape index (κ1) is 22.6. The molecule has 1 aliphatic heterocycles. The van der Waals surface area contributed by atoms with Crippen molar-refractivity contribution >= 4 is 53.3 Å². The lowest BCUT2D eigenvalue weighted by atomic mass is 10.1. The molecule has 0 bridgehead atoms. The maximum atomic E-state index is 12.1. The summed E-state index contributed by atoms with van der Waals surface area (Å²) in [5, 5.41) is 9.60. The maximum Gasteiger partial charge on any atom is 0.291 e. The van der Waals surface area contributed by atoms with Gasteiger partial charge in [-0.2, -0.15) is 11.8 Å². The zero-order chi connectivity index (χ0) is 19.1. The number of nitrogens with one attached hydrogen (secondary N) is 3. The molecule has 1 atom stereocenters. The van der Waals surface area contributed by atoms with Gasteiger partial charge in [-0.1, -0.05) is 12.1 Å². The van der Waals surface area contributed by atoms with Crippen molar-refractivity contribution in [3.63, 3.8) is 0 Å². The second kappa shape index (κ2) is 10.8. The SMILES string of the molecule is CN=C(NCc1cccc(NC(=O)c2ccco2)c1)NCC1(C)CCCS1.I.